The number of nitrogens with zero attached hydrogens (tertiary/aromatic N) is 5. The van der Waals surface area contributed by atoms with Gasteiger partial charge in [-0.2, -0.15) is 0 Å². The molecule has 126 valence electrons. The van der Waals surface area contributed by atoms with Gasteiger partial charge in [0, 0.05) is 50.9 Å². The van der Waals surface area contributed by atoms with Crippen molar-refractivity contribution >= 4 is 5.82 Å². The zero-order valence-corrected chi connectivity index (χ0v) is 14.1. The second-order valence-corrected chi connectivity index (χ2v) is 6.49. The molecular weight excluding hydrogens is 302 g/mol. The first-order valence-electron chi connectivity index (χ1n) is 8.62. The molecule has 0 radical (unpaired) electrons. The molecule has 4 heterocycles. The van der Waals surface area contributed by atoms with Crippen LogP contribution < -0.4 is 9.64 Å². The molecule has 6 nitrogen and oxygen atoms in total. The Bertz CT molecular complexity index is 683. The fourth-order valence-corrected chi connectivity index (χ4v) is 3.58. The molecule has 2 aromatic rings. The molecule has 0 spiro atoms. The Hall–Kier alpha value is -2.21. The lowest BCUT2D eigenvalue weighted by Gasteiger charge is -2.28. The smallest absolute Gasteiger partial charge is 0.220 e. The van der Waals surface area contributed by atoms with Gasteiger partial charge in [-0.3, -0.25) is 4.90 Å². The molecule has 0 bridgehead atoms. The van der Waals surface area contributed by atoms with Crippen molar-refractivity contribution in [1.82, 2.24) is 19.9 Å². The summed E-state index contributed by atoms with van der Waals surface area (Å²) in [7, 11) is 1.67. The van der Waals surface area contributed by atoms with Crippen LogP contribution in [0.15, 0.2) is 24.7 Å². The van der Waals surface area contributed by atoms with Gasteiger partial charge in [0.15, 0.2) is 0 Å². The minimum absolute atomic E-state index is 0.701. The maximum absolute atomic E-state index is 5.39. The molecule has 4 rings (SSSR count). The van der Waals surface area contributed by atoms with Crippen molar-refractivity contribution in [3.05, 3.63) is 41.5 Å². The number of anilines is 1. The van der Waals surface area contributed by atoms with Gasteiger partial charge in [0.2, 0.25) is 5.88 Å². The molecule has 0 saturated carbocycles. The van der Waals surface area contributed by atoms with Crippen LogP contribution in [0.25, 0.3) is 0 Å². The van der Waals surface area contributed by atoms with Crippen molar-refractivity contribution in [2.75, 3.05) is 31.6 Å². The number of hydrogen-bond donors (Lipinski definition) is 0. The van der Waals surface area contributed by atoms with E-state index in [2.05, 4.69) is 36.9 Å². The van der Waals surface area contributed by atoms with Crippen molar-refractivity contribution in [3.63, 3.8) is 0 Å². The van der Waals surface area contributed by atoms with Crippen LogP contribution >= 0.6 is 0 Å². The lowest BCUT2D eigenvalue weighted by atomic mass is 10.1. The summed E-state index contributed by atoms with van der Waals surface area (Å²) >= 11 is 0. The van der Waals surface area contributed by atoms with E-state index in [1.54, 1.807) is 13.4 Å². The monoisotopic (exact) mass is 325 g/mol. The number of fused-ring (bicyclic) bond motifs is 1. The first kappa shape index (κ1) is 15.3. The summed E-state index contributed by atoms with van der Waals surface area (Å²) in [4.78, 5) is 18.0. The summed E-state index contributed by atoms with van der Waals surface area (Å²) in [6.07, 6.45) is 7.10. The number of pyridine rings is 1. The molecule has 24 heavy (non-hydrogen) atoms. The van der Waals surface area contributed by atoms with Crippen LogP contribution in [-0.4, -0.2) is 46.6 Å². The molecular formula is C18H23N5O. The highest BCUT2D eigenvalue weighted by molar-refractivity contribution is 5.40. The van der Waals surface area contributed by atoms with Crippen LogP contribution in [0.4, 0.5) is 5.82 Å². The fraction of sp³-hybridized carbons (Fsp3) is 0.500. The van der Waals surface area contributed by atoms with E-state index in [4.69, 9.17) is 4.74 Å². The summed E-state index contributed by atoms with van der Waals surface area (Å²) in [5, 5.41) is 0. The summed E-state index contributed by atoms with van der Waals surface area (Å²) in [5.41, 5.74) is 3.48. The van der Waals surface area contributed by atoms with Gasteiger partial charge in [-0.1, -0.05) is 6.07 Å². The van der Waals surface area contributed by atoms with Crippen LogP contribution in [0.5, 0.6) is 5.88 Å². The highest BCUT2D eigenvalue weighted by atomic mass is 16.5. The third-order valence-corrected chi connectivity index (χ3v) is 4.88. The predicted octanol–water partition coefficient (Wildman–Crippen LogP) is 2.04. The van der Waals surface area contributed by atoms with Crippen LogP contribution in [0.3, 0.4) is 0 Å². The second-order valence-electron chi connectivity index (χ2n) is 6.49. The quantitative estimate of drug-likeness (QED) is 0.857. The zero-order chi connectivity index (χ0) is 16.4. The van der Waals surface area contributed by atoms with Gasteiger partial charge in [0.1, 0.15) is 12.1 Å². The van der Waals surface area contributed by atoms with Gasteiger partial charge in [-0.25, -0.2) is 15.0 Å². The lowest BCUT2D eigenvalue weighted by molar-refractivity contribution is 0.236. The minimum atomic E-state index is 0.701. The van der Waals surface area contributed by atoms with Crippen LogP contribution in [0, 0.1) is 0 Å². The molecule has 0 aromatic carbocycles. The SMILES string of the molecule is COc1ncnc2c1CN(Cc1ccc(N3CCCC3)nc1)CC2. The molecule has 1 fully saturated rings. The third kappa shape index (κ3) is 3.06. The molecule has 2 aromatic heterocycles. The minimum Gasteiger partial charge on any atom is -0.481 e. The zero-order valence-electron chi connectivity index (χ0n) is 14.1. The first-order valence-corrected chi connectivity index (χ1v) is 8.62. The van der Waals surface area contributed by atoms with Gasteiger partial charge < -0.3 is 9.64 Å². The molecule has 0 aliphatic carbocycles. The lowest BCUT2D eigenvalue weighted by Crippen LogP contribution is -2.31. The first-order chi connectivity index (χ1) is 11.8. The summed E-state index contributed by atoms with van der Waals surface area (Å²) in [6.45, 7) is 4.99. The largest absolute Gasteiger partial charge is 0.481 e. The van der Waals surface area contributed by atoms with Crippen LogP contribution in [0.2, 0.25) is 0 Å². The third-order valence-electron chi connectivity index (χ3n) is 4.88. The van der Waals surface area contributed by atoms with E-state index in [0.29, 0.717) is 5.88 Å². The fourth-order valence-electron chi connectivity index (χ4n) is 3.58. The van der Waals surface area contributed by atoms with Crippen LogP contribution in [-0.2, 0) is 19.5 Å². The Labute approximate surface area is 142 Å². The topological polar surface area (TPSA) is 54.4 Å². The van der Waals surface area contributed by atoms with E-state index < -0.39 is 0 Å². The Morgan fingerprint density at radius 3 is 2.71 bits per heavy atom. The van der Waals surface area contributed by atoms with Gasteiger partial charge >= 0.3 is 0 Å². The number of aromatic nitrogens is 3. The van der Waals surface area contributed by atoms with Gasteiger partial charge in [0.05, 0.1) is 12.8 Å². The van der Waals surface area contributed by atoms with E-state index >= 15 is 0 Å². The summed E-state index contributed by atoms with van der Waals surface area (Å²) in [5.74, 6) is 1.81. The number of rotatable bonds is 4. The number of methoxy groups -OCH3 is 1. The number of hydrogen-bond acceptors (Lipinski definition) is 6. The maximum atomic E-state index is 5.39. The highest BCUT2D eigenvalue weighted by Gasteiger charge is 2.22. The molecule has 0 unspecified atom stereocenters. The van der Waals surface area contributed by atoms with Crippen molar-refractivity contribution < 1.29 is 4.74 Å². The molecule has 0 amide bonds. The van der Waals surface area contributed by atoms with Gasteiger partial charge in [0.25, 0.3) is 0 Å². The van der Waals surface area contributed by atoms with E-state index in [1.165, 1.54) is 18.4 Å². The maximum Gasteiger partial charge on any atom is 0.220 e. The van der Waals surface area contributed by atoms with Gasteiger partial charge in [-0.05, 0) is 24.5 Å². The average Bonchev–Trinajstić information content (AvgIpc) is 3.16. The van der Waals surface area contributed by atoms with E-state index in [-0.39, 0.29) is 0 Å². The summed E-state index contributed by atoms with van der Waals surface area (Å²) < 4.78 is 5.39. The van der Waals surface area contributed by atoms with E-state index in [1.807, 2.05) is 6.20 Å². The molecule has 6 heteroatoms. The van der Waals surface area contributed by atoms with Crippen molar-refractivity contribution in [3.8, 4) is 5.88 Å². The molecule has 2 aliphatic heterocycles. The number of ether oxygens (including phenoxy) is 1. The second kappa shape index (κ2) is 6.73. The Morgan fingerprint density at radius 2 is 1.96 bits per heavy atom. The van der Waals surface area contributed by atoms with Gasteiger partial charge in [-0.15, -0.1) is 0 Å². The summed E-state index contributed by atoms with van der Waals surface area (Å²) in [6, 6.07) is 4.36. The van der Waals surface area contributed by atoms with Crippen LogP contribution in [0.1, 0.15) is 29.7 Å². The molecule has 2 aliphatic rings. The normalized spacial score (nSPS) is 17.8. The van der Waals surface area contributed by atoms with Crippen molar-refractivity contribution in [1.29, 1.82) is 0 Å². The Balaban J connectivity index is 1.44. The Kier molecular flexibility index (Phi) is 4.30. The van der Waals surface area contributed by atoms with E-state index in [9.17, 15) is 0 Å². The molecule has 0 atom stereocenters. The van der Waals surface area contributed by atoms with Crippen molar-refractivity contribution in [2.45, 2.75) is 32.4 Å². The molecule has 1 saturated heterocycles. The highest BCUT2D eigenvalue weighted by Crippen LogP contribution is 2.25. The average molecular weight is 325 g/mol. The predicted molar refractivity (Wildman–Crippen MR) is 92.1 cm³/mol. The van der Waals surface area contributed by atoms with E-state index in [0.717, 1.165) is 56.2 Å². The standard InChI is InChI=1S/C18H23N5O/c1-24-18-15-12-22(9-6-16(15)20-13-21-18)11-14-4-5-17(19-10-14)23-7-2-3-8-23/h4-5,10,13H,2-3,6-9,11-12H2,1H3. The Morgan fingerprint density at radius 1 is 1.08 bits per heavy atom. The van der Waals surface area contributed by atoms with Crippen molar-refractivity contribution in [2.24, 2.45) is 0 Å². The molecule has 0 N–H and O–H groups in total.